The van der Waals surface area contributed by atoms with Crippen molar-refractivity contribution in [2.24, 2.45) is 11.5 Å². The summed E-state index contributed by atoms with van der Waals surface area (Å²) in [5.74, 6) is -3.99. The lowest BCUT2D eigenvalue weighted by Gasteiger charge is -2.26. The zero-order valence-corrected chi connectivity index (χ0v) is 22.0. The number of carbonyl (C=O) groups excluding carboxylic acids is 3. The third kappa shape index (κ3) is 7.54. The maximum absolute atomic E-state index is 13.4. The molecule has 3 rings (SSSR count). The second-order valence-electron chi connectivity index (χ2n) is 9.83. The number of carboxylic acid groups (broad SMARTS) is 1. The number of aliphatic hydroxyl groups is 2. The van der Waals surface area contributed by atoms with Crippen LogP contribution in [0.4, 0.5) is 0 Å². The molecular weight excluding hydrogens is 522 g/mol. The normalized spacial score (nSPS) is 21.2. The fourth-order valence-corrected chi connectivity index (χ4v) is 4.37. The predicted molar refractivity (Wildman–Crippen MR) is 144 cm³/mol. The smallest absolute Gasteiger partial charge is 0.328 e. The number of nitrogens with two attached hydrogens (primary N) is 2. The third-order valence-electron chi connectivity index (χ3n) is 6.81. The van der Waals surface area contributed by atoms with Gasteiger partial charge in [0.05, 0.1) is 18.8 Å². The maximum Gasteiger partial charge on any atom is 0.328 e. The lowest BCUT2D eigenvalue weighted by Crippen LogP contribution is -2.58. The van der Waals surface area contributed by atoms with Crippen LogP contribution in [0.3, 0.4) is 0 Å². The highest BCUT2D eigenvalue weighted by atomic mass is 16.4. The van der Waals surface area contributed by atoms with E-state index in [0.29, 0.717) is 16.7 Å². The van der Waals surface area contributed by atoms with Gasteiger partial charge in [-0.05, 0) is 46.9 Å². The van der Waals surface area contributed by atoms with Crippen LogP contribution in [0.2, 0.25) is 0 Å². The molecule has 0 saturated carbocycles. The van der Waals surface area contributed by atoms with E-state index in [2.05, 4.69) is 16.0 Å². The molecule has 0 saturated heterocycles. The van der Waals surface area contributed by atoms with Crippen molar-refractivity contribution in [1.82, 2.24) is 16.0 Å². The van der Waals surface area contributed by atoms with Gasteiger partial charge < -0.3 is 47.8 Å². The number of aliphatic carboxylic acids is 1. The number of aryl methyl sites for hydroxylation is 1. The van der Waals surface area contributed by atoms with Gasteiger partial charge in [-0.1, -0.05) is 24.3 Å². The molecule has 5 atom stereocenters. The van der Waals surface area contributed by atoms with Gasteiger partial charge in [-0.15, -0.1) is 0 Å². The van der Waals surface area contributed by atoms with Crippen LogP contribution in [0, 0.1) is 6.92 Å². The molecule has 1 heterocycles. The minimum absolute atomic E-state index is 0.0548. The highest BCUT2D eigenvalue weighted by Crippen LogP contribution is 2.29. The molecular formula is C27H35N5O8. The zero-order chi connectivity index (χ0) is 29.6. The molecule has 1 aliphatic heterocycles. The van der Waals surface area contributed by atoms with Crippen LogP contribution in [0.1, 0.15) is 23.1 Å². The Morgan fingerprint density at radius 3 is 2.33 bits per heavy atom. The third-order valence-corrected chi connectivity index (χ3v) is 6.81. The van der Waals surface area contributed by atoms with E-state index in [1.54, 1.807) is 25.1 Å². The molecule has 0 aromatic heterocycles. The molecule has 216 valence electrons. The van der Waals surface area contributed by atoms with Crippen molar-refractivity contribution in [1.29, 1.82) is 0 Å². The number of hydrogen-bond donors (Lipinski definition) is 9. The lowest BCUT2D eigenvalue weighted by atomic mass is 9.93. The van der Waals surface area contributed by atoms with E-state index in [1.807, 2.05) is 12.1 Å². The van der Waals surface area contributed by atoms with Gasteiger partial charge in [0.25, 0.3) is 0 Å². The molecule has 13 heteroatoms. The summed E-state index contributed by atoms with van der Waals surface area (Å²) in [6.45, 7) is 0.720. The second kappa shape index (κ2) is 13.3. The van der Waals surface area contributed by atoms with Gasteiger partial charge in [-0.2, -0.15) is 0 Å². The number of phenolic OH excluding ortho intramolecular Hbond substituents is 1. The van der Waals surface area contributed by atoms with Crippen molar-refractivity contribution < 1.29 is 39.6 Å². The number of fused-ring (bicyclic) bond motifs is 5. The Balaban J connectivity index is 2.11. The van der Waals surface area contributed by atoms with Gasteiger partial charge in [-0.25, -0.2) is 4.79 Å². The Morgan fingerprint density at radius 1 is 1.05 bits per heavy atom. The predicted octanol–water partition coefficient (Wildman–Crippen LogP) is -1.97. The summed E-state index contributed by atoms with van der Waals surface area (Å²) in [5.41, 5.74) is 14.9. The number of aliphatic hydroxyl groups excluding tert-OH is 2. The van der Waals surface area contributed by atoms with E-state index < -0.39 is 60.6 Å². The molecule has 3 amide bonds. The van der Waals surface area contributed by atoms with Crippen LogP contribution in [-0.4, -0.2) is 87.5 Å². The first-order valence-corrected chi connectivity index (χ1v) is 12.7. The first kappa shape index (κ1) is 30.5. The van der Waals surface area contributed by atoms with Crippen molar-refractivity contribution in [2.75, 3.05) is 13.2 Å². The van der Waals surface area contributed by atoms with E-state index in [1.165, 1.54) is 6.07 Å². The number of carboxylic acids is 1. The summed E-state index contributed by atoms with van der Waals surface area (Å²) in [4.78, 5) is 51.0. The number of phenols is 1. The standard InChI is InChI=1S/C27H35N5O8/c1-13-2-3-14-6-16(13)9-20(25(37)32-22(12-33)27(39)40)31-26(38)21(10-18(34)11-28)30-24(36)19(29)8-17-7-15(14)4-5-23(17)35/h2-7,18-22,33-35H,8-12,28-29H2,1H3,(H,30,36)(H,31,38)(H,32,37)(H,39,40)/t18-,19+,20+,21+,22+/m1/s1. The van der Waals surface area contributed by atoms with E-state index in [0.717, 1.165) is 11.1 Å². The maximum atomic E-state index is 13.4. The fraction of sp³-hybridized carbons (Fsp3) is 0.407. The average molecular weight is 558 g/mol. The summed E-state index contributed by atoms with van der Waals surface area (Å²) >= 11 is 0. The lowest BCUT2D eigenvalue weighted by molar-refractivity contribution is -0.143. The second-order valence-corrected chi connectivity index (χ2v) is 9.83. The van der Waals surface area contributed by atoms with Crippen LogP contribution >= 0.6 is 0 Å². The monoisotopic (exact) mass is 557 g/mol. The molecule has 11 N–H and O–H groups in total. The Bertz CT molecular complexity index is 1270. The Kier molecular flexibility index (Phi) is 10.2. The minimum atomic E-state index is -1.61. The number of amides is 3. The number of aromatic hydroxyl groups is 1. The Morgan fingerprint density at radius 2 is 1.70 bits per heavy atom. The molecule has 2 aromatic carbocycles. The van der Waals surface area contributed by atoms with Crippen LogP contribution in [0.5, 0.6) is 5.75 Å². The van der Waals surface area contributed by atoms with Crippen molar-refractivity contribution in [3.05, 3.63) is 53.1 Å². The number of nitrogens with one attached hydrogen (secondary N) is 3. The van der Waals surface area contributed by atoms with E-state index in [9.17, 15) is 39.6 Å². The van der Waals surface area contributed by atoms with Crippen molar-refractivity contribution in [3.8, 4) is 16.9 Å². The number of hydrogen-bond acceptors (Lipinski definition) is 9. The number of benzene rings is 2. The number of carbonyl (C=O) groups is 4. The quantitative estimate of drug-likeness (QED) is 0.182. The van der Waals surface area contributed by atoms with E-state index in [-0.39, 0.29) is 31.6 Å². The molecule has 0 unspecified atom stereocenters. The molecule has 0 radical (unpaired) electrons. The van der Waals surface area contributed by atoms with Gasteiger partial charge in [0.1, 0.15) is 23.9 Å². The topological polar surface area (TPSA) is 237 Å². The van der Waals surface area contributed by atoms with Crippen LogP contribution in [0.25, 0.3) is 11.1 Å². The van der Waals surface area contributed by atoms with E-state index >= 15 is 0 Å². The highest BCUT2D eigenvalue weighted by Gasteiger charge is 2.32. The Hall–Kier alpha value is -4.04. The van der Waals surface area contributed by atoms with Gasteiger partial charge in [0.2, 0.25) is 17.7 Å². The largest absolute Gasteiger partial charge is 0.508 e. The zero-order valence-electron chi connectivity index (χ0n) is 22.0. The first-order chi connectivity index (χ1) is 18.9. The summed E-state index contributed by atoms with van der Waals surface area (Å²) in [6, 6.07) is 4.86. The van der Waals surface area contributed by atoms with Gasteiger partial charge in [0.15, 0.2) is 0 Å². The summed E-state index contributed by atoms with van der Waals surface area (Å²) in [5, 5.41) is 46.5. The van der Waals surface area contributed by atoms with Crippen molar-refractivity contribution >= 4 is 23.7 Å². The first-order valence-electron chi connectivity index (χ1n) is 12.7. The SMILES string of the molecule is Cc1ccc2cc1C[C@@H](C(=O)N[C@@H](CO)C(=O)O)NC(=O)[C@H](C[C@@H](O)CN)NC(=O)[C@@H](N)Cc1cc-2ccc1O. The number of rotatable bonds is 7. The van der Waals surface area contributed by atoms with Gasteiger partial charge in [0, 0.05) is 25.8 Å². The van der Waals surface area contributed by atoms with Crippen LogP contribution < -0.4 is 27.4 Å². The molecule has 0 aliphatic carbocycles. The molecule has 1 aliphatic rings. The fourth-order valence-electron chi connectivity index (χ4n) is 4.37. The van der Waals surface area contributed by atoms with E-state index in [4.69, 9.17) is 11.5 Å². The highest BCUT2D eigenvalue weighted by molar-refractivity contribution is 5.94. The van der Waals surface area contributed by atoms with Gasteiger partial charge >= 0.3 is 5.97 Å². The summed E-state index contributed by atoms with van der Waals surface area (Å²) < 4.78 is 0. The van der Waals surface area contributed by atoms with Crippen LogP contribution in [-0.2, 0) is 32.0 Å². The van der Waals surface area contributed by atoms with Crippen LogP contribution in [0.15, 0.2) is 36.4 Å². The molecule has 4 bridgehead atoms. The molecule has 13 nitrogen and oxygen atoms in total. The van der Waals surface area contributed by atoms with Gasteiger partial charge in [-0.3, -0.25) is 14.4 Å². The molecule has 0 fully saturated rings. The van der Waals surface area contributed by atoms with Crippen molar-refractivity contribution in [2.45, 2.75) is 56.5 Å². The summed E-state index contributed by atoms with van der Waals surface area (Å²) in [6.07, 6.45) is -1.59. The summed E-state index contributed by atoms with van der Waals surface area (Å²) in [7, 11) is 0. The minimum Gasteiger partial charge on any atom is -0.508 e. The molecule has 2 aromatic rings. The average Bonchev–Trinajstić information content (AvgIpc) is 2.92. The molecule has 0 spiro atoms. The van der Waals surface area contributed by atoms with Crippen molar-refractivity contribution in [3.63, 3.8) is 0 Å². The Labute approximate surface area is 230 Å². The molecule has 40 heavy (non-hydrogen) atoms.